The quantitative estimate of drug-likeness (QED) is 0.823. The summed E-state index contributed by atoms with van der Waals surface area (Å²) in [5, 5.41) is 5.84. The van der Waals surface area contributed by atoms with Gasteiger partial charge in [-0.3, -0.25) is 4.79 Å². The zero-order chi connectivity index (χ0) is 13.8. The Labute approximate surface area is 109 Å². The van der Waals surface area contributed by atoms with Gasteiger partial charge in [0.05, 0.1) is 0 Å². The fraction of sp³-hybridized carbons (Fsp3) is 0.462. The van der Waals surface area contributed by atoms with Gasteiger partial charge in [-0.25, -0.2) is 13.2 Å². The van der Waals surface area contributed by atoms with Crippen molar-refractivity contribution in [3.63, 3.8) is 0 Å². The maximum Gasteiger partial charge on any atom is 0.251 e. The van der Waals surface area contributed by atoms with E-state index in [0.29, 0.717) is 24.7 Å². The highest BCUT2D eigenvalue weighted by molar-refractivity contribution is 5.94. The number of carbonyl (C=O) groups excluding carboxylic acids is 1. The molecular weight excluding hydrogens is 257 g/mol. The van der Waals surface area contributed by atoms with Crippen molar-refractivity contribution in [2.45, 2.75) is 25.3 Å². The minimum absolute atomic E-state index is 0.212. The molecular formula is C13H15F3N2O. The summed E-state index contributed by atoms with van der Waals surface area (Å²) in [6, 6.07) is 1.77. The monoisotopic (exact) mass is 272 g/mol. The third kappa shape index (κ3) is 3.47. The van der Waals surface area contributed by atoms with E-state index in [4.69, 9.17) is 0 Å². The SMILES string of the molecule is O=C(NCC[C@H]1CCCN1)c1cc(F)c(F)c(F)c1. The molecule has 6 heteroatoms. The fourth-order valence-electron chi connectivity index (χ4n) is 2.15. The average Bonchev–Trinajstić information content (AvgIpc) is 2.88. The Morgan fingerprint density at radius 3 is 2.58 bits per heavy atom. The lowest BCUT2D eigenvalue weighted by molar-refractivity contribution is 0.0951. The molecule has 19 heavy (non-hydrogen) atoms. The highest BCUT2D eigenvalue weighted by Gasteiger charge is 2.16. The first-order valence-corrected chi connectivity index (χ1v) is 6.24. The molecule has 1 fully saturated rings. The predicted molar refractivity (Wildman–Crippen MR) is 64.3 cm³/mol. The van der Waals surface area contributed by atoms with Crippen molar-refractivity contribution >= 4 is 5.91 Å². The van der Waals surface area contributed by atoms with Crippen molar-refractivity contribution in [2.24, 2.45) is 0 Å². The van der Waals surface area contributed by atoms with Crippen molar-refractivity contribution in [1.29, 1.82) is 0 Å². The summed E-state index contributed by atoms with van der Waals surface area (Å²) in [6.07, 6.45) is 2.95. The number of halogens is 3. The third-order valence-electron chi connectivity index (χ3n) is 3.19. The summed E-state index contributed by atoms with van der Waals surface area (Å²) < 4.78 is 38.7. The van der Waals surface area contributed by atoms with Crippen molar-refractivity contribution in [3.05, 3.63) is 35.1 Å². The van der Waals surface area contributed by atoms with Crippen LogP contribution in [0.4, 0.5) is 13.2 Å². The molecule has 1 amide bonds. The van der Waals surface area contributed by atoms with Gasteiger partial charge in [-0.1, -0.05) is 0 Å². The molecule has 0 aromatic heterocycles. The van der Waals surface area contributed by atoms with Gasteiger partial charge in [0.1, 0.15) is 0 Å². The highest BCUT2D eigenvalue weighted by atomic mass is 19.2. The minimum Gasteiger partial charge on any atom is -0.352 e. The lowest BCUT2D eigenvalue weighted by atomic mass is 10.1. The van der Waals surface area contributed by atoms with E-state index in [2.05, 4.69) is 10.6 Å². The van der Waals surface area contributed by atoms with E-state index in [9.17, 15) is 18.0 Å². The number of hydrogen-bond donors (Lipinski definition) is 2. The summed E-state index contributed by atoms with van der Waals surface area (Å²) >= 11 is 0. The van der Waals surface area contributed by atoms with E-state index in [-0.39, 0.29) is 5.56 Å². The van der Waals surface area contributed by atoms with E-state index in [0.717, 1.165) is 25.8 Å². The molecule has 104 valence electrons. The Balaban J connectivity index is 1.88. The van der Waals surface area contributed by atoms with Gasteiger partial charge in [0.25, 0.3) is 5.91 Å². The van der Waals surface area contributed by atoms with Crippen molar-refractivity contribution in [3.8, 4) is 0 Å². The summed E-state index contributed by atoms with van der Waals surface area (Å²) in [4.78, 5) is 11.6. The Kier molecular flexibility index (Phi) is 4.42. The molecule has 1 saturated heterocycles. The Morgan fingerprint density at radius 1 is 1.32 bits per heavy atom. The van der Waals surface area contributed by atoms with Crippen molar-refractivity contribution in [1.82, 2.24) is 10.6 Å². The molecule has 1 aromatic carbocycles. The largest absolute Gasteiger partial charge is 0.352 e. The van der Waals surface area contributed by atoms with Gasteiger partial charge < -0.3 is 10.6 Å². The Morgan fingerprint density at radius 2 is 2.00 bits per heavy atom. The molecule has 1 aliphatic heterocycles. The zero-order valence-electron chi connectivity index (χ0n) is 10.3. The molecule has 0 aliphatic carbocycles. The van der Waals surface area contributed by atoms with E-state index < -0.39 is 23.4 Å². The van der Waals surface area contributed by atoms with Crippen LogP contribution in [0.1, 0.15) is 29.6 Å². The molecule has 1 aromatic rings. The van der Waals surface area contributed by atoms with Gasteiger partial charge in [-0.2, -0.15) is 0 Å². The van der Waals surface area contributed by atoms with Crippen molar-refractivity contribution in [2.75, 3.05) is 13.1 Å². The number of amides is 1. The smallest absolute Gasteiger partial charge is 0.251 e. The first-order chi connectivity index (χ1) is 9.08. The van der Waals surface area contributed by atoms with Crippen molar-refractivity contribution < 1.29 is 18.0 Å². The van der Waals surface area contributed by atoms with Crippen LogP contribution in [0.15, 0.2) is 12.1 Å². The van der Waals surface area contributed by atoms with Crippen LogP contribution in [-0.2, 0) is 0 Å². The molecule has 1 atom stereocenters. The van der Waals surface area contributed by atoms with Crippen LogP contribution in [0.3, 0.4) is 0 Å². The fourth-order valence-corrected chi connectivity index (χ4v) is 2.15. The number of carbonyl (C=O) groups is 1. The summed E-state index contributed by atoms with van der Waals surface area (Å²) in [7, 11) is 0. The first kappa shape index (κ1) is 13.9. The zero-order valence-corrected chi connectivity index (χ0v) is 10.3. The van der Waals surface area contributed by atoms with Crippen LogP contribution in [0.2, 0.25) is 0 Å². The molecule has 0 unspecified atom stereocenters. The van der Waals surface area contributed by atoms with E-state index >= 15 is 0 Å². The molecule has 2 rings (SSSR count). The van der Waals surface area contributed by atoms with Gasteiger partial charge in [0.2, 0.25) is 0 Å². The van der Waals surface area contributed by atoms with Crippen LogP contribution < -0.4 is 10.6 Å². The van der Waals surface area contributed by atoms with E-state index in [1.165, 1.54) is 0 Å². The van der Waals surface area contributed by atoms with Gasteiger partial charge in [0.15, 0.2) is 17.5 Å². The molecule has 2 N–H and O–H groups in total. The summed E-state index contributed by atoms with van der Waals surface area (Å²) in [5.74, 6) is -4.88. The van der Waals surface area contributed by atoms with Gasteiger partial charge in [-0.15, -0.1) is 0 Å². The number of rotatable bonds is 4. The van der Waals surface area contributed by atoms with Crippen LogP contribution >= 0.6 is 0 Å². The second-order valence-corrected chi connectivity index (χ2v) is 4.59. The van der Waals surface area contributed by atoms with Crippen LogP contribution in [0.25, 0.3) is 0 Å². The topological polar surface area (TPSA) is 41.1 Å². The second kappa shape index (κ2) is 6.06. The molecule has 0 spiro atoms. The lowest BCUT2D eigenvalue weighted by Gasteiger charge is -2.11. The van der Waals surface area contributed by atoms with E-state index in [1.54, 1.807) is 0 Å². The second-order valence-electron chi connectivity index (χ2n) is 4.59. The average molecular weight is 272 g/mol. The van der Waals surface area contributed by atoms with Crippen LogP contribution in [-0.4, -0.2) is 25.0 Å². The predicted octanol–water partition coefficient (Wildman–Crippen LogP) is 1.98. The normalized spacial score (nSPS) is 18.6. The van der Waals surface area contributed by atoms with E-state index in [1.807, 2.05) is 0 Å². The first-order valence-electron chi connectivity index (χ1n) is 6.24. The minimum atomic E-state index is -1.56. The molecule has 3 nitrogen and oxygen atoms in total. The standard InChI is InChI=1S/C13H15F3N2O/c14-10-6-8(7-11(15)12(10)16)13(19)18-5-3-9-2-1-4-17-9/h6-7,9,17H,1-5H2,(H,18,19)/t9-/m1/s1. The van der Waals surface area contributed by atoms with Crippen LogP contribution in [0.5, 0.6) is 0 Å². The number of hydrogen-bond acceptors (Lipinski definition) is 2. The summed E-state index contributed by atoms with van der Waals surface area (Å²) in [6.45, 7) is 1.39. The molecule has 1 aliphatic rings. The molecule has 0 bridgehead atoms. The third-order valence-corrected chi connectivity index (χ3v) is 3.19. The Hall–Kier alpha value is -1.56. The maximum atomic E-state index is 13.0. The van der Waals surface area contributed by atoms with Gasteiger partial charge >= 0.3 is 0 Å². The highest BCUT2D eigenvalue weighted by Crippen LogP contribution is 2.13. The summed E-state index contributed by atoms with van der Waals surface area (Å²) in [5.41, 5.74) is -0.212. The lowest BCUT2D eigenvalue weighted by Crippen LogP contribution is -2.30. The van der Waals surface area contributed by atoms with Gasteiger partial charge in [-0.05, 0) is 37.9 Å². The Bertz CT molecular complexity index is 450. The molecule has 0 radical (unpaired) electrons. The number of nitrogens with one attached hydrogen (secondary N) is 2. The maximum absolute atomic E-state index is 13.0. The molecule has 1 heterocycles. The van der Waals surface area contributed by atoms with Gasteiger partial charge in [0, 0.05) is 18.2 Å². The van der Waals surface area contributed by atoms with Crippen LogP contribution in [0, 0.1) is 17.5 Å². The molecule has 0 saturated carbocycles. The number of benzene rings is 1.